The molecular weight excluding hydrogens is 356 g/mol. The Morgan fingerprint density at radius 1 is 1.00 bits per heavy atom. The van der Waals surface area contributed by atoms with E-state index in [9.17, 15) is 4.79 Å². The number of pyridine rings is 1. The van der Waals surface area contributed by atoms with Gasteiger partial charge >= 0.3 is 6.09 Å². The van der Waals surface area contributed by atoms with E-state index in [0.717, 1.165) is 0 Å². The number of aliphatic hydroxyl groups excluding tert-OH is 1. The number of nitrogens with zero attached hydrogens (tertiary/aromatic N) is 1. The third kappa shape index (κ3) is 3.68. The lowest BCUT2D eigenvalue weighted by atomic mass is 9.98. The Kier molecular flexibility index (Phi) is 5.21. The van der Waals surface area contributed by atoms with E-state index in [1.807, 2.05) is 24.3 Å². The highest BCUT2D eigenvalue weighted by Gasteiger charge is 2.28. The van der Waals surface area contributed by atoms with Crippen LogP contribution in [0, 0.1) is 0 Å². The van der Waals surface area contributed by atoms with Gasteiger partial charge in [-0.25, -0.2) is 9.78 Å². The van der Waals surface area contributed by atoms with Crippen LogP contribution in [0.4, 0.5) is 10.5 Å². The molecule has 0 fully saturated rings. The minimum absolute atomic E-state index is 0.0190. The summed E-state index contributed by atoms with van der Waals surface area (Å²) in [6.07, 6.45) is 0.946. The second kappa shape index (κ2) is 8.10. The predicted molar refractivity (Wildman–Crippen MR) is 106 cm³/mol. The number of carbonyl (C=O) groups excluding carboxylic acids is 1. The zero-order chi connectivity index (χ0) is 19.3. The fourth-order valence-corrected chi connectivity index (χ4v) is 3.44. The van der Waals surface area contributed by atoms with E-state index in [2.05, 4.69) is 34.6 Å². The van der Waals surface area contributed by atoms with E-state index >= 15 is 0 Å². The van der Waals surface area contributed by atoms with E-state index in [0.29, 0.717) is 11.6 Å². The molecule has 2 N–H and O–H groups in total. The molecule has 3 aromatic rings. The average molecular weight is 376 g/mol. The lowest BCUT2D eigenvalue weighted by molar-refractivity contribution is 0.158. The Balaban J connectivity index is 1.40. The van der Waals surface area contributed by atoms with Gasteiger partial charge in [-0.1, -0.05) is 48.5 Å². The van der Waals surface area contributed by atoms with Crippen molar-refractivity contribution in [2.75, 3.05) is 25.1 Å². The van der Waals surface area contributed by atoms with Gasteiger partial charge in [-0.05, 0) is 28.3 Å². The molecule has 1 amide bonds. The molecule has 6 heteroatoms. The number of rotatable bonds is 6. The molecule has 142 valence electrons. The van der Waals surface area contributed by atoms with Crippen LogP contribution < -0.4 is 10.1 Å². The van der Waals surface area contributed by atoms with Gasteiger partial charge in [0.05, 0.1) is 18.5 Å². The van der Waals surface area contributed by atoms with Gasteiger partial charge in [0.1, 0.15) is 13.2 Å². The van der Waals surface area contributed by atoms with E-state index in [-0.39, 0.29) is 25.7 Å². The van der Waals surface area contributed by atoms with Crippen molar-refractivity contribution < 1.29 is 19.4 Å². The molecule has 0 unspecified atom stereocenters. The van der Waals surface area contributed by atoms with Gasteiger partial charge in [0, 0.05) is 12.0 Å². The Labute approximate surface area is 162 Å². The molecular formula is C22H20N2O4. The Morgan fingerprint density at radius 3 is 2.29 bits per heavy atom. The molecule has 1 aliphatic carbocycles. The zero-order valence-electron chi connectivity index (χ0n) is 15.2. The second-order valence-electron chi connectivity index (χ2n) is 6.41. The number of ether oxygens (including phenoxy) is 2. The molecule has 0 saturated heterocycles. The van der Waals surface area contributed by atoms with Crippen molar-refractivity contribution in [1.29, 1.82) is 0 Å². The third-order valence-electron chi connectivity index (χ3n) is 4.67. The quantitative estimate of drug-likeness (QED) is 0.684. The van der Waals surface area contributed by atoms with Crippen LogP contribution in [0.5, 0.6) is 5.88 Å². The molecule has 6 nitrogen and oxygen atoms in total. The number of fused-ring (bicyclic) bond motifs is 3. The molecule has 0 atom stereocenters. The topological polar surface area (TPSA) is 80.7 Å². The van der Waals surface area contributed by atoms with Gasteiger partial charge < -0.3 is 14.6 Å². The number of nitrogens with one attached hydrogen (secondary N) is 1. The first kappa shape index (κ1) is 18.0. The number of aromatic nitrogens is 1. The molecule has 0 saturated carbocycles. The van der Waals surface area contributed by atoms with Gasteiger partial charge in [-0.15, -0.1) is 0 Å². The number of benzene rings is 2. The SMILES string of the molecule is O=C(Nc1ccc(OCCO)nc1)OCC1c2ccccc2-c2ccccc21. The van der Waals surface area contributed by atoms with Crippen molar-refractivity contribution in [3.63, 3.8) is 0 Å². The van der Waals surface area contributed by atoms with Crippen molar-refractivity contribution >= 4 is 11.8 Å². The fourth-order valence-electron chi connectivity index (χ4n) is 3.44. The molecule has 0 spiro atoms. The lowest BCUT2D eigenvalue weighted by Crippen LogP contribution is -2.18. The van der Waals surface area contributed by atoms with Gasteiger partial charge in [-0.3, -0.25) is 5.32 Å². The van der Waals surface area contributed by atoms with Crippen LogP contribution in [0.15, 0.2) is 66.9 Å². The molecule has 0 bridgehead atoms. The molecule has 1 aromatic heterocycles. The summed E-state index contributed by atoms with van der Waals surface area (Å²) in [5, 5.41) is 11.4. The monoisotopic (exact) mass is 376 g/mol. The number of aliphatic hydroxyl groups is 1. The number of carbonyl (C=O) groups is 1. The van der Waals surface area contributed by atoms with Crippen LogP contribution in [0.3, 0.4) is 0 Å². The summed E-state index contributed by atoms with van der Waals surface area (Å²) in [5.41, 5.74) is 5.23. The van der Waals surface area contributed by atoms with Crippen LogP contribution in [0.1, 0.15) is 17.0 Å². The van der Waals surface area contributed by atoms with Crippen LogP contribution in [0.25, 0.3) is 11.1 Å². The highest BCUT2D eigenvalue weighted by Crippen LogP contribution is 2.44. The Bertz CT molecular complexity index is 927. The molecule has 1 aliphatic rings. The number of hydrogen-bond donors (Lipinski definition) is 2. The van der Waals surface area contributed by atoms with Crippen LogP contribution in [0.2, 0.25) is 0 Å². The Morgan fingerprint density at radius 2 is 1.68 bits per heavy atom. The maximum absolute atomic E-state index is 12.2. The maximum Gasteiger partial charge on any atom is 0.411 e. The van der Waals surface area contributed by atoms with Crippen LogP contribution in [-0.2, 0) is 4.74 Å². The second-order valence-corrected chi connectivity index (χ2v) is 6.41. The van der Waals surface area contributed by atoms with Crippen molar-refractivity contribution in [2.45, 2.75) is 5.92 Å². The van der Waals surface area contributed by atoms with E-state index in [1.54, 1.807) is 12.1 Å². The highest BCUT2D eigenvalue weighted by molar-refractivity contribution is 5.84. The molecule has 2 aromatic carbocycles. The standard InChI is InChI=1S/C22H20N2O4/c25-11-12-27-21-10-9-15(13-23-21)24-22(26)28-14-20-18-7-3-1-5-16(18)17-6-2-4-8-19(17)20/h1-10,13,20,25H,11-12,14H2,(H,24,26). The number of amides is 1. The fraction of sp³-hybridized carbons (Fsp3) is 0.182. The Hall–Kier alpha value is -3.38. The van der Waals surface area contributed by atoms with Gasteiger partial charge in [0.15, 0.2) is 0 Å². The first-order valence-electron chi connectivity index (χ1n) is 9.08. The van der Waals surface area contributed by atoms with Crippen LogP contribution >= 0.6 is 0 Å². The molecule has 28 heavy (non-hydrogen) atoms. The summed E-state index contributed by atoms with van der Waals surface area (Å²) < 4.78 is 10.7. The lowest BCUT2D eigenvalue weighted by Gasteiger charge is -2.14. The average Bonchev–Trinajstić information content (AvgIpc) is 3.06. The van der Waals surface area contributed by atoms with Gasteiger partial charge in [-0.2, -0.15) is 0 Å². The molecule has 0 aliphatic heterocycles. The first-order valence-corrected chi connectivity index (χ1v) is 9.08. The third-order valence-corrected chi connectivity index (χ3v) is 4.67. The summed E-state index contributed by atoms with van der Waals surface area (Å²) in [6, 6.07) is 19.7. The van der Waals surface area contributed by atoms with E-state index < -0.39 is 6.09 Å². The van der Waals surface area contributed by atoms with Crippen molar-refractivity contribution in [2.24, 2.45) is 0 Å². The van der Waals surface area contributed by atoms with Gasteiger partial charge in [0.2, 0.25) is 5.88 Å². The predicted octanol–water partition coefficient (Wildman–Crippen LogP) is 3.81. The summed E-state index contributed by atoms with van der Waals surface area (Å²) in [6.45, 7) is 0.346. The summed E-state index contributed by atoms with van der Waals surface area (Å²) in [4.78, 5) is 16.3. The largest absolute Gasteiger partial charge is 0.475 e. The molecule has 4 rings (SSSR count). The summed E-state index contributed by atoms with van der Waals surface area (Å²) in [7, 11) is 0. The minimum atomic E-state index is -0.535. The normalized spacial score (nSPS) is 12.2. The number of anilines is 1. The first-order chi connectivity index (χ1) is 13.8. The highest BCUT2D eigenvalue weighted by atomic mass is 16.5. The smallest absolute Gasteiger partial charge is 0.411 e. The zero-order valence-corrected chi connectivity index (χ0v) is 15.2. The summed E-state index contributed by atoms with van der Waals surface area (Å²) in [5.74, 6) is 0.401. The van der Waals surface area contributed by atoms with Crippen molar-refractivity contribution in [3.05, 3.63) is 78.0 Å². The van der Waals surface area contributed by atoms with E-state index in [1.165, 1.54) is 28.5 Å². The van der Waals surface area contributed by atoms with Gasteiger partial charge in [0.25, 0.3) is 0 Å². The minimum Gasteiger partial charge on any atom is -0.475 e. The summed E-state index contributed by atoms with van der Waals surface area (Å²) >= 11 is 0. The molecule has 0 radical (unpaired) electrons. The van der Waals surface area contributed by atoms with Crippen LogP contribution in [-0.4, -0.2) is 36.0 Å². The molecule has 1 heterocycles. The van der Waals surface area contributed by atoms with Crippen molar-refractivity contribution in [3.8, 4) is 17.0 Å². The van der Waals surface area contributed by atoms with E-state index in [4.69, 9.17) is 14.6 Å². The van der Waals surface area contributed by atoms with Crippen molar-refractivity contribution in [1.82, 2.24) is 4.98 Å². The number of hydrogen-bond acceptors (Lipinski definition) is 5. The maximum atomic E-state index is 12.2.